The van der Waals surface area contributed by atoms with Crippen LogP contribution >= 0.6 is 22.6 Å². The quantitative estimate of drug-likeness (QED) is 0.866. The van der Waals surface area contributed by atoms with E-state index in [1.807, 2.05) is 22.6 Å². The number of aliphatic hydroxyl groups excluding tert-OH is 1. The average molecular weight is 308 g/mol. The standard InChI is InChI=1S/C10H10FIO2/c11-8-1-3-10(4-2-8)14-7-9(13)5-6-12/h1-6,9,13H,7H2/b6-5+. The van der Waals surface area contributed by atoms with E-state index in [9.17, 15) is 9.50 Å². The number of ether oxygens (including phenoxy) is 1. The summed E-state index contributed by atoms with van der Waals surface area (Å²) >= 11 is 2.02. The van der Waals surface area contributed by atoms with Crippen LogP contribution in [0.4, 0.5) is 4.39 Å². The van der Waals surface area contributed by atoms with E-state index in [0.717, 1.165) is 0 Å². The number of benzene rings is 1. The van der Waals surface area contributed by atoms with E-state index in [-0.39, 0.29) is 12.4 Å². The smallest absolute Gasteiger partial charge is 0.123 e. The number of hydrogen-bond donors (Lipinski definition) is 1. The van der Waals surface area contributed by atoms with Gasteiger partial charge in [-0.15, -0.1) is 0 Å². The van der Waals surface area contributed by atoms with Crippen LogP contribution in [0.2, 0.25) is 0 Å². The normalized spacial score (nSPS) is 13.1. The second-order valence-electron chi connectivity index (χ2n) is 2.65. The molecule has 0 saturated carbocycles. The molecule has 4 heteroatoms. The van der Waals surface area contributed by atoms with Crippen molar-refractivity contribution >= 4 is 22.6 Å². The van der Waals surface area contributed by atoms with Crippen LogP contribution in [0.15, 0.2) is 34.4 Å². The molecule has 1 rings (SSSR count). The van der Waals surface area contributed by atoms with Gasteiger partial charge in [0.1, 0.15) is 24.3 Å². The number of aliphatic hydroxyl groups is 1. The highest BCUT2D eigenvalue weighted by Crippen LogP contribution is 2.11. The summed E-state index contributed by atoms with van der Waals surface area (Å²) in [6.07, 6.45) is 0.987. The van der Waals surface area contributed by atoms with Crippen molar-refractivity contribution in [2.24, 2.45) is 0 Å². The van der Waals surface area contributed by atoms with E-state index in [2.05, 4.69) is 0 Å². The third-order valence-electron chi connectivity index (χ3n) is 1.53. The van der Waals surface area contributed by atoms with Crippen LogP contribution in [0.3, 0.4) is 0 Å². The Kier molecular flexibility index (Phi) is 4.89. The monoisotopic (exact) mass is 308 g/mol. The molecule has 0 heterocycles. The Balaban J connectivity index is 2.42. The van der Waals surface area contributed by atoms with E-state index >= 15 is 0 Å². The minimum Gasteiger partial charge on any atom is -0.491 e. The molecule has 0 aliphatic heterocycles. The lowest BCUT2D eigenvalue weighted by Crippen LogP contribution is -2.14. The Labute approximate surface area is 95.5 Å². The fourth-order valence-corrected chi connectivity index (χ4v) is 1.33. The van der Waals surface area contributed by atoms with Gasteiger partial charge in [-0.25, -0.2) is 4.39 Å². The molecule has 1 unspecified atom stereocenters. The Hall–Kier alpha value is -0.620. The van der Waals surface area contributed by atoms with Gasteiger partial charge in [-0.3, -0.25) is 0 Å². The second kappa shape index (κ2) is 5.98. The van der Waals surface area contributed by atoms with E-state index in [1.54, 1.807) is 10.2 Å². The summed E-state index contributed by atoms with van der Waals surface area (Å²) in [6, 6.07) is 5.68. The molecule has 0 spiro atoms. The largest absolute Gasteiger partial charge is 0.491 e. The van der Waals surface area contributed by atoms with E-state index in [1.165, 1.54) is 24.3 Å². The van der Waals surface area contributed by atoms with Crippen LogP contribution < -0.4 is 4.74 Å². The molecular formula is C10H10FIO2. The molecule has 0 fully saturated rings. The molecule has 1 aromatic carbocycles. The molecule has 1 aromatic rings. The molecule has 0 bridgehead atoms. The van der Waals surface area contributed by atoms with Gasteiger partial charge in [0.2, 0.25) is 0 Å². The number of halogens is 2. The van der Waals surface area contributed by atoms with Crippen LogP contribution in [0.25, 0.3) is 0 Å². The molecule has 0 amide bonds. The van der Waals surface area contributed by atoms with Gasteiger partial charge in [0.15, 0.2) is 0 Å². The first kappa shape index (κ1) is 11.5. The molecule has 76 valence electrons. The van der Waals surface area contributed by atoms with Crippen LogP contribution in [-0.4, -0.2) is 17.8 Å². The molecule has 0 saturated heterocycles. The summed E-state index contributed by atoms with van der Waals surface area (Å²) in [5.74, 6) is 0.248. The van der Waals surface area contributed by atoms with Crippen molar-refractivity contribution in [3.05, 3.63) is 40.2 Å². The first-order chi connectivity index (χ1) is 6.72. The maximum Gasteiger partial charge on any atom is 0.123 e. The van der Waals surface area contributed by atoms with Crippen molar-refractivity contribution in [2.45, 2.75) is 6.10 Å². The van der Waals surface area contributed by atoms with E-state index < -0.39 is 6.10 Å². The highest BCUT2D eigenvalue weighted by Gasteiger charge is 2.00. The summed E-state index contributed by atoms with van der Waals surface area (Å²) in [6.45, 7) is 0.172. The summed E-state index contributed by atoms with van der Waals surface area (Å²) < 4.78 is 19.4. The molecule has 14 heavy (non-hydrogen) atoms. The summed E-state index contributed by atoms with van der Waals surface area (Å²) in [5.41, 5.74) is 0. The third-order valence-corrected chi connectivity index (χ3v) is 1.94. The van der Waals surface area contributed by atoms with Gasteiger partial charge in [-0.05, 0) is 34.4 Å². The Morgan fingerprint density at radius 3 is 2.64 bits per heavy atom. The van der Waals surface area contributed by atoms with Gasteiger partial charge in [-0.1, -0.05) is 22.6 Å². The van der Waals surface area contributed by atoms with Crippen LogP contribution in [-0.2, 0) is 0 Å². The van der Waals surface area contributed by atoms with E-state index in [4.69, 9.17) is 4.74 Å². The van der Waals surface area contributed by atoms with Crippen molar-refractivity contribution in [1.29, 1.82) is 0 Å². The maximum atomic E-state index is 12.5. The molecule has 0 aliphatic rings. The van der Waals surface area contributed by atoms with Crippen molar-refractivity contribution in [2.75, 3.05) is 6.61 Å². The van der Waals surface area contributed by atoms with Gasteiger partial charge in [-0.2, -0.15) is 0 Å². The predicted octanol–water partition coefficient (Wildman–Crippen LogP) is 2.51. The van der Waals surface area contributed by atoms with Crippen LogP contribution in [0.5, 0.6) is 5.75 Å². The van der Waals surface area contributed by atoms with Crippen LogP contribution in [0, 0.1) is 5.82 Å². The lowest BCUT2D eigenvalue weighted by molar-refractivity contribution is 0.144. The zero-order valence-corrected chi connectivity index (χ0v) is 9.52. The minimum absolute atomic E-state index is 0.172. The van der Waals surface area contributed by atoms with Gasteiger partial charge in [0.25, 0.3) is 0 Å². The first-order valence-corrected chi connectivity index (χ1v) is 5.30. The summed E-state index contributed by atoms with van der Waals surface area (Å²) in [5, 5.41) is 9.27. The Bertz CT molecular complexity index is 297. The van der Waals surface area contributed by atoms with Gasteiger partial charge >= 0.3 is 0 Å². The second-order valence-corrected chi connectivity index (χ2v) is 3.37. The molecule has 0 aliphatic carbocycles. The van der Waals surface area contributed by atoms with Gasteiger partial charge < -0.3 is 9.84 Å². The van der Waals surface area contributed by atoms with Crippen molar-refractivity contribution in [1.82, 2.24) is 0 Å². The van der Waals surface area contributed by atoms with Crippen molar-refractivity contribution < 1.29 is 14.2 Å². The molecule has 1 N–H and O–H groups in total. The lowest BCUT2D eigenvalue weighted by atomic mass is 10.3. The highest BCUT2D eigenvalue weighted by atomic mass is 127. The Morgan fingerprint density at radius 2 is 2.07 bits per heavy atom. The number of rotatable bonds is 4. The molecule has 0 radical (unpaired) electrons. The third kappa shape index (κ3) is 4.06. The number of hydrogen-bond acceptors (Lipinski definition) is 2. The Morgan fingerprint density at radius 1 is 1.43 bits per heavy atom. The van der Waals surface area contributed by atoms with Gasteiger partial charge in [0, 0.05) is 0 Å². The van der Waals surface area contributed by atoms with Crippen molar-refractivity contribution in [3.63, 3.8) is 0 Å². The highest BCUT2D eigenvalue weighted by molar-refractivity contribution is 14.1. The molecule has 0 aromatic heterocycles. The van der Waals surface area contributed by atoms with Crippen molar-refractivity contribution in [3.8, 4) is 5.75 Å². The predicted molar refractivity (Wildman–Crippen MR) is 61.1 cm³/mol. The fraction of sp³-hybridized carbons (Fsp3) is 0.200. The molecule has 1 atom stereocenters. The fourth-order valence-electron chi connectivity index (χ4n) is 0.852. The zero-order chi connectivity index (χ0) is 10.4. The SMILES string of the molecule is OC(/C=C/I)COc1ccc(F)cc1. The average Bonchev–Trinajstić information content (AvgIpc) is 2.17. The van der Waals surface area contributed by atoms with E-state index in [0.29, 0.717) is 5.75 Å². The summed E-state index contributed by atoms with van der Waals surface area (Å²) in [4.78, 5) is 0. The lowest BCUT2D eigenvalue weighted by Gasteiger charge is -2.08. The molecule has 2 nitrogen and oxygen atoms in total. The molecular weight excluding hydrogens is 298 g/mol. The zero-order valence-electron chi connectivity index (χ0n) is 7.36. The van der Waals surface area contributed by atoms with Gasteiger partial charge in [0.05, 0.1) is 0 Å². The topological polar surface area (TPSA) is 29.5 Å². The maximum absolute atomic E-state index is 12.5. The van der Waals surface area contributed by atoms with Crippen LogP contribution in [0.1, 0.15) is 0 Å². The first-order valence-electron chi connectivity index (χ1n) is 4.05. The summed E-state index contributed by atoms with van der Waals surface area (Å²) in [7, 11) is 0. The minimum atomic E-state index is -0.628.